The van der Waals surface area contributed by atoms with E-state index in [1.807, 2.05) is 0 Å². The zero-order valence-corrected chi connectivity index (χ0v) is 11.5. The fourth-order valence-electron chi connectivity index (χ4n) is 1.26. The molecule has 100 valence electrons. The summed E-state index contributed by atoms with van der Waals surface area (Å²) < 4.78 is 39.1. The second kappa shape index (κ2) is 5.28. The van der Waals surface area contributed by atoms with Crippen molar-refractivity contribution in [3.05, 3.63) is 46.6 Å². The molecular weight excluding hydrogens is 316 g/mol. The van der Waals surface area contributed by atoms with Gasteiger partial charge < -0.3 is 0 Å². The minimum atomic E-state index is -4.02. The van der Waals surface area contributed by atoms with Gasteiger partial charge in [0.15, 0.2) is 11.0 Å². The van der Waals surface area contributed by atoms with E-state index in [0.717, 1.165) is 18.2 Å². The van der Waals surface area contributed by atoms with E-state index in [4.69, 9.17) is 23.2 Å². The van der Waals surface area contributed by atoms with E-state index in [-0.39, 0.29) is 20.9 Å². The Morgan fingerprint density at radius 1 is 1.16 bits per heavy atom. The van der Waals surface area contributed by atoms with Crippen molar-refractivity contribution >= 4 is 39.0 Å². The third-order valence-electron chi connectivity index (χ3n) is 2.07. The molecule has 0 aliphatic rings. The predicted molar refractivity (Wildman–Crippen MR) is 69.3 cm³/mol. The number of aromatic nitrogens is 2. The van der Waals surface area contributed by atoms with Gasteiger partial charge in [0, 0.05) is 12.4 Å². The predicted octanol–water partition coefficient (Wildman–Crippen LogP) is 2.72. The van der Waals surface area contributed by atoms with Gasteiger partial charge in [-0.05, 0) is 18.2 Å². The van der Waals surface area contributed by atoms with Crippen molar-refractivity contribution < 1.29 is 12.8 Å². The highest BCUT2D eigenvalue weighted by atomic mass is 35.5. The average Bonchev–Trinajstić information content (AvgIpc) is 2.31. The highest BCUT2D eigenvalue weighted by molar-refractivity contribution is 7.92. The van der Waals surface area contributed by atoms with Gasteiger partial charge in [0.2, 0.25) is 0 Å². The first-order valence-corrected chi connectivity index (χ1v) is 7.08. The van der Waals surface area contributed by atoms with Crippen molar-refractivity contribution in [2.75, 3.05) is 4.72 Å². The van der Waals surface area contributed by atoms with Crippen LogP contribution in [0, 0.1) is 5.82 Å². The first-order chi connectivity index (χ1) is 8.90. The van der Waals surface area contributed by atoms with Gasteiger partial charge in [-0.25, -0.2) is 22.8 Å². The SMILES string of the molecule is O=S(=O)(Nc1nccnc1Cl)c1ccc(F)cc1Cl. The van der Waals surface area contributed by atoms with Crippen LogP contribution in [0.15, 0.2) is 35.5 Å². The lowest BCUT2D eigenvalue weighted by Gasteiger charge is -2.09. The van der Waals surface area contributed by atoms with E-state index in [1.54, 1.807) is 0 Å². The molecule has 2 rings (SSSR count). The molecule has 0 saturated heterocycles. The number of benzene rings is 1. The molecule has 0 radical (unpaired) electrons. The Hall–Kier alpha value is -1.44. The standard InChI is InChI=1S/C10H6Cl2FN3O2S/c11-7-5-6(13)1-2-8(7)19(17,18)16-10-9(12)14-3-4-15-10/h1-5H,(H,15,16). The molecule has 0 aliphatic heterocycles. The first kappa shape index (κ1) is 14.0. The van der Waals surface area contributed by atoms with Crippen LogP contribution in [0.1, 0.15) is 0 Å². The molecule has 0 bridgehead atoms. The van der Waals surface area contributed by atoms with Crippen LogP contribution < -0.4 is 4.72 Å². The average molecular weight is 322 g/mol. The summed E-state index contributed by atoms with van der Waals surface area (Å²) in [7, 11) is -4.02. The van der Waals surface area contributed by atoms with Crippen LogP contribution in [0.25, 0.3) is 0 Å². The quantitative estimate of drug-likeness (QED) is 0.943. The molecule has 1 aromatic carbocycles. The Morgan fingerprint density at radius 2 is 1.84 bits per heavy atom. The largest absolute Gasteiger partial charge is 0.264 e. The summed E-state index contributed by atoms with van der Waals surface area (Å²) in [5.41, 5.74) is 0. The topological polar surface area (TPSA) is 72.0 Å². The molecule has 1 N–H and O–H groups in total. The maximum atomic E-state index is 12.9. The summed E-state index contributed by atoms with van der Waals surface area (Å²) in [4.78, 5) is 7.13. The van der Waals surface area contributed by atoms with E-state index >= 15 is 0 Å². The highest BCUT2D eigenvalue weighted by Gasteiger charge is 2.20. The number of rotatable bonds is 3. The van der Waals surface area contributed by atoms with Crippen LogP contribution in [-0.2, 0) is 10.0 Å². The Labute approximate surface area is 118 Å². The third-order valence-corrected chi connectivity index (χ3v) is 4.17. The van der Waals surface area contributed by atoms with E-state index in [1.165, 1.54) is 12.4 Å². The smallest absolute Gasteiger partial charge is 0.261 e. The van der Waals surface area contributed by atoms with Crippen LogP contribution in [-0.4, -0.2) is 18.4 Å². The summed E-state index contributed by atoms with van der Waals surface area (Å²) in [5.74, 6) is -0.772. The van der Waals surface area contributed by atoms with E-state index < -0.39 is 15.8 Å². The number of anilines is 1. The van der Waals surface area contributed by atoms with E-state index in [9.17, 15) is 12.8 Å². The van der Waals surface area contributed by atoms with Crippen LogP contribution in [0.2, 0.25) is 10.2 Å². The number of halogens is 3. The van der Waals surface area contributed by atoms with Crippen molar-refractivity contribution in [1.29, 1.82) is 0 Å². The Bertz CT molecular complexity index is 724. The molecule has 1 heterocycles. The number of sulfonamides is 1. The molecule has 0 unspecified atom stereocenters. The van der Waals surface area contributed by atoms with Gasteiger partial charge in [0.05, 0.1) is 5.02 Å². The van der Waals surface area contributed by atoms with E-state index in [0.29, 0.717) is 0 Å². The first-order valence-electron chi connectivity index (χ1n) is 4.84. The van der Waals surface area contributed by atoms with Crippen LogP contribution >= 0.6 is 23.2 Å². The van der Waals surface area contributed by atoms with Gasteiger partial charge >= 0.3 is 0 Å². The van der Waals surface area contributed by atoms with Crippen LogP contribution in [0.3, 0.4) is 0 Å². The third kappa shape index (κ3) is 3.12. The molecule has 0 fully saturated rings. The lowest BCUT2D eigenvalue weighted by Crippen LogP contribution is -2.15. The van der Waals surface area contributed by atoms with E-state index in [2.05, 4.69) is 14.7 Å². The van der Waals surface area contributed by atoms with Crippen LogP contribution in [0.4, 0.5) is 10.2 Å². The normalized spacial score (nSPS) is 11.3. The molecule has 1 aromatic heterocycles. The maximum Gasteiger partial charge on any atom is 0.264 e. The zero-order chi connectivity index (χ0) is 14.0. The Morgan fingerprint density at radius 3 is 2.47 bits per heavy atom. The molecule has 0 saturated carbocycles. The lowest BCUT2D eigenvalue weighted by molar-refractivity contribution is 0.599. The summed E-state index contributed by atoms with van der Waals surface area (Å²) in [6.45, 7) is 0. The van der Waals surface area contributed by atoms with Crippen LogP contribution in [0.5, 0.6) is 0 Å². The molecule has 9 heteroatoms. The van der Waals surface area contributed by atoms with Crippen molar-refractivity contribution in [3.63, 3.8) is 0 Å². The number of nitrogens with zero attached hydrogens (tertiary/aromatic N) is 2. The Kier molecular flexibility index (Phi) is 3.88. The molecule has 5 nitrogen and oxygen atoms in total. The molecule has 2 aromatic rings. The van der Waals surface area contributed by atoms with Gasteiger partial charge in [-0.15, -0.1) is 0 Å². The molecule has 0 aliphatic carbocycles. The number of hydrogen-bond acceptors (Lipinski definition) is 4. The van der Waals surface area contributed by atoms with Gasteiger partial charge in [-0.1, -0.05) is 23.2 Å². The summed E-state index contributed by atoms with van der Waals surface area (Å²) >= 11 is 11.4. The summed E-state index contributed by atoms with van der Waals surface area (Å²) in [6.07, 6.45) is 2.58. The molecule has 0 atom stereocenters. The highest BCUT2D eigenvalue weighted by Crippen LogP contribution is 2.25. The van der Waals surface area contributed by atoms with Crippen molar-refractivity contribution in [2.45, 2.75) is 4.90 Å². The minimum absolute atomic E-state index is 0.107. The molecule has 0 spiro atoms. The van der Waals surface area contributed by atoms with Crippen molar-refractivity contribution in [2.24, 2.45) is 0 Å². The number of hydrogen-bond donors (Lipinski definition) is 1. The summed E-state index contributed by atoms with van der Waals surface area (Å²) in [5, 5.41) is -0.350. The van der Waals surface area contributed by atoms with Crippen molar-refractivity contribution in [1.82, 2.24) is 9.97 Å². The second-order valence-corrected chi connectivity index (χ2v) is 5.79. The summed E-state index contributed by atoms with van der Waals surface area (Å²) in [6, 6.07) is 2.93. The number of nitrogens with one attached hydrogen (secondary N) is 1. The van der Waals surface area contributed by atoms with Gasteiger partial charge in [-0.2, -0.15) is 0 Å². The van der Waals surface area contributed by atoms with Gasteiger partial charge in [-0.3, -0.25) is 4.72 Å². The fraction of sp³-hybridized carbons (Fsp3) is 0. The lowest BCUT2D eigenvalue weighted by atomic mass is 10.3. The van der Waals surface area contributed by atoms with Crippen molar-refractivity contribution in [3.8, 4) is 0 Å². The molecule has 0 amide bonds. The zero-order valence-electron chi connectivity index (χ0n) is 9.14. The minimum Gasteiger partial charge on any atom is -0.261 e. The van der Waals surface area contributed by atoms with Gasteiger partial charge in [0.1, 0.15) is 10.7 Å². The monoisotopic (exact) mass is 321 g/mol. The van der Waals surface area contributed by atoms with Gasteiger partial charge in [0.25, 0.3) is 10.0 Å². The fourth-order valence-corrected chi connectivity index (χ4v) is 3.02. The molecular formula is C10H6Cl2FN3O2S. The Balaban J connectivity index is 2.41. The maximum absolute atomic E-state index is 12.9. The second-order valence-electron chi connectivity index (χ2n) is 3.38. The molecule has 19 heavy (non-hydrogen) atoms.